The highest BCUT2D eigenvalue weighted by atomic mass is 16.6. The van der Waals surface area contributed by atoms with Gasteiger partial charge in [-0.15, -0.1) is 0 Å². The normalized spacial score (nSPS) is 14.1. The van der Waals surface area contributed by atoms with Gasteiger partial charge in [0.05, 0.1) is 7.11 Å². The molecule has 0 radical (unpaired) electrons. The summed E-state index contributed by atoms with van der Waals surface area (Å²) in [7, 11) is 1.57. The molecule has 1 aliphatic carbocycles. The lowest BCUT2D eigenvalue weighted by molar-refractivity contribution is 0.147. The number of benzene rings is 1. The molecule has 1 saturated carbocycles. The zero-order valence-corrected chi connectivity index (χ0v) is 10.9. The van der Waals surface area contributed by atoms with Gasteiger partial charge in [0.15, 0.2) is 11.5 Å². The van der Waals surface area contributed by atoms with Crippen LogP contribution < -0.4 is 9.47 Å². The van der Waals surface area contributed by atoms with Crippen molar-refractivity contribution in [2.24, 2.45) is 0 Å². The first-order valence-corrected chi connectivity index (χ1v) is 6.37. The highest BCUT2D eigenvalue weighted by Gasteiger charge is 2.33. The molecule has 4 heteroatoms. The maximum atomic E-state index is 12.1. The Balaban J connectivity index is 2.04. The van der Waals surface area contributed by atoms with Crippen LogP contribution in [0.5, 0.6) is 11.5 Å². The third-order valence-corrected chi connectivity index (χ3v) is 2.95. The lowest BCUT2D eigenvalue weighted by atomic mass is 10.3. The number of carbonyl (C=O) groups excluding carboxylic acids is 1. The second-order valence-corrected chi connectivity index (χ2v) is 4.44. The van der Waals surface area contributed by atoms with E-state index in [1.165, 1.54) is 0 Å². The van der Waals surface area contributed by atoms with E-state index in [0.717, 1.165) is 25.8 Å². The first-order chi connectivity index (χ1) is 8.76. The number of hydrogen-bond donors (Lipinski definition) is 0. The van der Waals surface area contributed by atoms with Crippen LogP contribution in [0.2, 0.25) is 0 Å². The van der Waals surface area contributed by atoms with Crippen LogP contribution >= 0.6 is 0 Å². The summed E-state index contributed by atoms with van der Waals surface area (Å²) in [5.41, 5.74) is 0. The molecule has 1 aromatic rings. The largest absolute Gasteiger partial charge is 0.493 e. The van der Waals surface area contributed by atoms with E-state index < -0.39 is 0 Å². The molecule has 0 spiro atoms. The summed E-state index contributed by atoms with van der Waals surface area (Å²) in [6, 6.07) is 7.57. The standard InChI is InChI=1S/C14H19NO3/c1-3-10-15(11-8-9-11)14(16)18-13-7-5-4-6-12(13)17-2/h4-7,11H,3,8-10H2,1-2H3. The fourth-order valence-electron chi connectivity index (χ4n) is 1.91. The van der Waals surface area contributed by atoms with E-state index in [2.05, 4.69) is 6.92 Å². The third-order valence-electron chi connectivity index (χ3n) is 2.95. The molecular formula is C14H19NO3. The van der Waals surface area contributed by atoms with Gasteiger partial charge in [-0.2, -0.15) is 0 Å². The van der Waals surface area contributed by atoms with Gasteiger partial charge in [0.2, 0.25) is 0 Å². The summed E-state index contributed by atoms with van der Waals surface area (Å²) in [4.78, 5) is 13.9. The van der Waals surface area contributed by atoms with Crippen molar-refractivity contribution in [2.45, 2.75) is 32.2 Å². The monoisotopic (exact) mass is 249 g/mol. The van der Waals surface area contributed by atoms with Crippen LogP contribution in [0, 0.1) is 0 Å². The molecule has 0 unspecified atom stereocenters. The Hall–Kier alpha value is -1.71. The SMILES string of the molecule is CCCN(C(=O)Oc1ccccc1OC)C1CC1. The van der Waals surface area contributed by atoms with Crippen LogP contribution in [0.25, 0.3) is 0 Å². The van der Waals surface area contributed by atoms with Gasteiger partial charge < -0.3 is 14.4 Å². The third kappa shape index (κ3) is 2.94. The van der Waals surface area contributed by atoms with E-state index in [1.807, 2.05) is 17.0 Å². The van der Waals surface area contributed by atoms with Gasteiger partial charge in [-0.3, -0.25) is 0 Å². The smallest absolute Gasteiger partial charge is 0.415 e. The molecule has 0 bridgehead atoms. The molecule has 0 saturated heterocycles. The summed E-state index contributed by atoms with van der Waals surface area (Å²) < 4.78 is 10.6. The van der Waals surface area contributed by atoms with Crippen molar-refractivity contribution >= 4 is 6.09 Å². The van der Waals surface area contributed by atoms with Gasteiger partial charge in [0.1, 0.15) is 0 Å². The van der Waals surface area contributed by atoms with Gasteiger partial charge in [-0.05, 0) is 31.4 Å². The highest BCUT2D eigenvalue weighted by Crippen LogP contribution is 2.30. The van der Waals surface area contributed by atoms with E-state index in [1.54, 1.807) is 19.2 Å². The quantitative estimate of drug-likeness (QED) is 0.805. The second kappa shape index (κ2) is 5.76. The topological polar surface area (TPSA) is 38.8 Å². The van der Waals surface area contributed by atoms with Gasteiger partial charge in [-0.25, -0.2) is 4.79 Å². The Morgan fingerprint density at radius 1 is 1.33 bits per heavy atom. The van der Waals surface area contributed by atoms with Crippen LogP contribution in [0.3, 0.4) is 0 Å². The molecule has 0 N–H and O–H groups in total. The van der Waals surface area contributed by atoms with Crippen molar-refractivity contribution < 1.29 is 14.3 Å². The van der Waals surface area contributed by atoms with Crippen LogP contribution in [-0.4, -0.2) is 30.7 Å². The van der Waals surface area contributed by atoms with E-state index in [4.69, 9.17) is 9.47 Å². The predicted molar refractivity (Wildman–Crippen MR) is 69.0 cm³/mol. The molecule has 1 fully saturated rings. The molecule has 1 aliphatic rings. The van der Waals surface area contributed by atoms with Crippen LogP contribution in [0.1, 0.15) is 26.2 Å². The molecule has 1 aromatic carbocycles. The maximum Gasteiger partial charge on any atom is 0.415 e. The number of rotatable bonds is 5. The number of methoxy groups -OCH3 is 1. The summed E-state index contributed by atoms with van der Waals surface area (Å²) in [5.74, 6) is 1.06. The van der Waals surface area contributed by atoms with Crippen molar-refractivity contribution in [3.8, 4) is 11.5 Å². The Kier molecular flexibility index (Phi) is 4.07. The van der Waals surface area contributed by atoms with Crippen LogP contribution in [0.15, 0.2) is 24.3 Å². The summed E-state index contributed by atoms with van der Waals surface area (Å²) in [5, 5.41) is 0. The fourth-order valence-corrected chi connectivity index (χ4v) is 1.91. The zero-order valence-electron chi connectivity index (χ0n) is 10.9. The number of para-hydroxylation sites is 2. The van der Waals surface area contributed by atoms with Crippen LogP contribution in [0.4, 0.5) is 4.79 Å². The van der Waals surface area contributed by atoms with Crippen molar-refractivity contribution in [2.75, 3.05) is 13.7 Å². The minimum Gasteiger partial charge on any atom is -0.493 e. The van der Waals surface area contributed by atoms with Gasteiger partial charge in [0, 0.05) is 12.6 Å². The second-order valence-electron chi connectivity index (χ2n) is 4.44. The lowest BCUT2D eigenvalue weighted by Crippen LogP contribution is -2.36. The van der Waals surface area contributed by atoms with E-state index in [9.17, 15) is 4.79 Å². The predicted octanol–water partition coefficient (Wildman–Crippen LogP) is 3.07. The summed E-state index contributed by atoms with van der Waals surface area (Å²) in [6.45, 7) is 2.81. The minimum atomic E-state index is -0.274. The number of ether oxygens (including phenoxy) is 2. The first-order valence-electron chi connectivity index (χ1n) is 6.37. The molecule has 0 aliphatic heterocycles. The van der Waals surface area contributed by atoms with Gasteiger partial charge in [0.25, 0.3) is 0 Å². The van der Waals surface area contributed by atoms with Gasteiger partial charge >= 0.3 is 6.09 Å². The molecular weight excluding hydrogens is 230 g/mol. The van der Waals surface area contributed by atoms with Crippen molar-refractivity contribution in [3.63, 3.8) is 0 Å². The molecule has 0 heterocycles. The Labute approximate surface area is 107 Å². The Morgan fingerprint density at radius 2 is 2.00 bits per heavy atom. The maximum absolute atomic E-state index is 12.1. The highest BCUT2D eigenvalue weighted by molar-refractivity contribution is 5.72. The number of hydrogen-bond acceptors (Lipinski definition) is 3. The van der Waals surface area contributed by atoms with E-state index in [-0.39, 0.29) is 6.09 Å². The van der Waals surface area contributed by atoms with E-state index >= 15 is 0 Å². The van der Waals surface area contributed by atoms with Crippen LogP contribution in [-0.2, 0) is 0 Å². The Morgan fingerprint density at radius 3 is 2.56 bits per heavy atom. The zero-order chi connectivity index (χ0) is 13.0. The minimum absolute atomic E-state index is 0.274. The Bertz CT molecular complexity index is 415. The number of amides is 1. The van der Waals surface area contributed by atoms with E-state index in [0.29, 0.717) is 17.5 Å². The average Bonchev–Trinajstić information content (AvgIpc) is 3.20. The number of nitrogens with zero attached hydrogens (tertiary/aromatic N) is 1. The summed E-state index contributed by atoms with van der Waals surface area (Å²) in [6.07, 6.45) is 2.84. The first kappa shape index (κ1) is 12.7. The molecule has 4 nitrogen and oxygen atoms in total. The van der Waals surface area contributed by atoms with Gasteiger partial charge in [-0.1, -0.05) is 19.1 Å². The number of carbonyl (C=O) groups is 1. The van der Waals surface area contributed by atoms with Crippen molar-refractivity contribution in [3.05, 3.63) is 24.3 Å². The molecule has 0 atom stereocenters. The molecule has 18 heavy (non-hydrogen) atoms. The van der Waals surface area contributed by atoms with Crippen molar-refractivity contribution in [1.82, 2.24) is 4.90 Å². The molecule has 2 rings (SSSR count). The average molecular weight is 249 g/mol. The van der Waals surface area contributed by atoms with Crippen molar-refractivity contribution in [1.29, 1.82) is 0 Å². The molecule has 0 aromatic heterocycles. The molecule has 1 amide bonds. The fraction of sp³-hybridized carbons (Fsp3) is 0.500. The summed E-state index contributed by atoms with van der Waals surface area (Å²) >= 11 is 0. The molecule has 98 valence electrons. The lowest BCUT2D eigenvalue weighted by Gasteiger charge is -2.21.